The Bertz CT molecular complexity index is 596. The number of benzene rings is 1. The lowest BCUT2D eigenvalue weighted by Crippen LogP contribution is -2.11. The molecular formula is C14H14N2O4. The number of methoxy groups -OCH3 is 2. The third-order valence-electron chi connectivity index (χ3n) is 2.26. The van der Waals surface area contributed by atoms with E-state index in [1.54, 1.807) is 24.3 Å². The Hall–Kier alpha value is -2.74. The molecule has 0 spiro atoms. The molecule has 0 aromatic heterocycles. The zero-order chi connectivity index (χ0) is 15.0. The SMILES string of the molecule is COCOc1ccc(C=C=C(C#N)C(N)=O)cc1OC. The highest BCUT2D eigenvalue weighted by atomic mass is 16.7. The van der Waals surface area contributed by atoms with Crippen molar-refractivity contribution in [2.75, 3.05) is 21.0 Å². The Kier molecular flexibility index (Phi) is 5.85. The molecule has 0 fully saturated rings. The van der Waals surface area contributed by atoms with Crippen LogP contribution in [0, 0.1) is 11.3 Å². The van der Waals surface area contributed by atoms with E-state index in [1.165, 1.54) is 20.3 Å². The molecule has 0 aliphatic heterocycles. The maximum Gasteiger partial charge on any atom is 0.267 e. The average molecular weight is 274 g/mol. The molecule has 104 valence electrons. The number of carbonyl (C=O) groups is 1. The van der Waals surface area contributed by atoms with Crippen LogP contribution in [0.2, 0.25) is 0 Å². The summed E-state index contributed by atoms with van der Waals surface area (Å²) in [7, 11) is 3.02. The molecule has 0 bridgehead atoms. The standard InChI is InChI=1S/C14H14N2O4/c1-18-9-20-12-6-4-10(7-13(12)19-2)3-5-11(8-15)14(16)17/h3-4,6-7H,9H2,1-2H3,(H2,16,17). The number of hydrogen-bond donors (Lipinski definition) is 1. The van der Waals surface area contributed by atoms with Gasteiger partial charge in [0, 0.05) is 7.11 Å². The Balaban J connectivity index is 3.08. The molecule has 0 aliphatic rings. The molecule has 1 amide bonds. The third kappa shape index (κ3) is 4.18. The zero-order valence-corrected chi connectivity index (χ0v) is 11.2. The van der Waals surface area contributed by atoms with Gasteiger partial charge < -0.3 is 19.9 Å². The van der Waals surface area contributed by atoms with Crippen molar-refractivity contribution < 1.29 is 19.0 Å². The third-order valence-corrected chi connectivity index (χ3v) is 2.26. The van der Waals surface area contributed by atoms with E-state index in [0.717, 1.165) is 0 Å². The van der Waals surface area contributed by atoms with Crippen LogP contribution in [0.25, 0.3) is 6.08 Å². The lowest BCUT2D eigenvalue weighted by Gasteiger charge is -2.10. The van der Waals surface area contributed by atoms with E-state index >= 15 is 0 Å². The number of hydrogen-bond acceptors (Lipinski definition) is 5. The summed E-state index contributed by atoms with van der Waals surface area (Å²) in [6.07, 6.45) is 1.46. The number of primary amides is 1. The van der Waals surface area contributed by atoms with Gasteiger partial charge in [-0.05, 0) is 23.8 Å². The topological polar surface area (TPSA) is 94.6 Å². The van der Waals surface area contributed by atoms with Crippen molar-refractivity contribution in [3.05, 3.63) is 35.1 Å². The van der Waals surface area contributed by atoms with Crippen LogP contribution in [0.15, 0.2) is 29.5 Å². The van der Waals surface area contributed by atoms with Crippen LogP contribution in [0.5, 0.6) is 11.5 Å². The van der Waals surface area contributed by atoms with Crippen LogP contribution < -0.4 is 15.2 Å². The maximum atomic E-state index is 10.9. The molecular weight excluding hydrogens is 260 g/mol. The summed E-state index contributed by atoms with van der Waals surface area (Å²) in [6, 6.07) is 6.74. The fourth-order valence-corrected chi connectivity index (χ4v) is 1.33. The van der Waals surface area contributed by atoms with Crippen LogP contribution in [0.4, 0.5) is 0 Å². The van der Waals surface area contributed by atoms with Gasteiger partial charge in [-0.3, -0.25) is 4.79 Å². The van der Waals surface area contributed by atoms with Gasteiger partial charge in [-0.15, -0.1) is 0 Å². The first-order valence-corrected chi connectivity index (χ1v) is 5.58. The fourth-order valence-electron chi connectivity index (χ4n) is 1.33. The second kappa shape index (κ2) is 7.64. The molecule has 0 saturated carbocycles. The summed E-state index contributed by atoms with van der Waals surface area (Å²) >= 11 is 0. The lowest BCUT2D eigenvalue weighted by molar-refractivity contribution is -0.114. The quantitative estimate of drug-likeness (QED) is 0.364. The summed E-state index contributed by atoms with van der Waals surface area (Å²) in [6.45, 7) is 0.103. The molecule has 0 aliphatic carbocycles. The highest BCUT2D eigenvalue weighted by molar-refractivity contribution is 5.96. The first-order chi connectivity index (χ1) is 9.62. The van der Waals surface area contributed by atoms with Gasteiger partial charge in [0.2, 0.25) is 0 Å². The number of rotatable bonds is 6. The number of nitrogens with zero attached hydrogens (tertiary/aromatic N) is 1. The molecule has 0 saturated heterocycles. The summed E-state index contributed by atoms with van der Waals surface area (Å²) in [4.78, 5) is 10.9. The van der Waals surface area contributed by atoms with Gasteiger partial charge in [-0.2, -0.15) is 5.26 Å². The summed E-state index contributed by atoms with van der Waals surface area (Å²) in [5.74, 6) is 0.192. The smallest absolute Gasteiger partial charge is 0.267 e. The van der Waals surface area contributed by atoms with Gasteiger partial charge >= 0.3 is 0 Å². The van der Waals surface area contributed by atoms with E-state index in [-0.39, 0.29) is 12.4 Å². The van der Waals surface area contributed by atoms with Crippen molar-refractivity contribution in [1.82, 2.24) is 0 Å². The van der Waals surface area contributed by atoms with Crippen molar-refractivity contribution >= 4 is 12.0 Å². The molecule has 1 aromatic rings. The Morgan fingerprint density at radius 3 is 2.70 bits per heavy atom. The molecule has 1 rings (SSSR count). The van der Waals surface area contributed by atoms with Crippen molar-refractivity contribution in [1.29, 1.82) is 5.26 Å². The normalized spacial score (nSPS) is 9.05. The molecule has 6 nitrogen and oxygen atoms in total. The maximum absolute atomic E-state index is 10.9. The summed E-state index contributed by atoms with van der Waals surface area (Å²) in [5, 5.41) is 8.69. The minimum atomic E-state index is -0.823. The Labute approximate surface area is 116 Å². The van der Waals surface area contributed by atoms with Crippen LogP contribution in [-0.4, -0.2) is 26.9 Å². The van der Waals surface area contributed by atoms with E-state index < -0.39 is 5.91 Å². The first-order valence-electron chi connectivity index (χ1n) is 5.58. The van der Waals surface area contributed by atoms with E-state index in [0.29, 0.717) is 17.1 Å². The van der Waals surface area contributed by atoms with Crippen LogP contribution in [0.1, 0.15) is 5.56 Å². The second-order valence-corrected chi connectivity index (χ2v) is 3.60. The number of nitriles is 1. The van der Waals surface area contributed by atoms with Crippen molar-refractivity contribution in [2.45, 2.75) is 0 Å². The largest absolute Gasteiger partial charge is 0.493 e. The van der Waals surface area contributed by atoms with Crippen LogP contribution in [-0.2, 0) is 9.53 Å². The lowest BCUT2D eigenvalue weighted by atomic mass is 10.2. The highest BCUT2D eigenvalue weighted by Crippen LogP contribution is 2.28. The summed E-state index contributed by atoms with van der Waals surface area (Å²) in [5.41, 5.74) is 7.98. The van der Waals surface area contributed by atoms with Crippen LogP contribution in [0.3, 0.4) is 0 Å². The van der Waals surface area contributed by atoms with Gasteiger partial charge in [0.25, 0.3) is 5.91 Å². The Morgan fingerprint density at radius 1 is 1.40 bits per heavy atom. The van der Waals surface area contributed by atoms with E-state index in [1.807, 2.05) is 0 Å². The molecule has 20 heavy (non-hydrogen) atoms. The number of ether oxygens (including phenoxy) is 3. The molecule has 0 atom stereocenters. The first kappa shape index (κ1) is 15.3. The molecule has 0 radical (unpaired) electrons. The highest BCUT2D eigenvalue weighted by Gasteiger charge is 2.05. The minimum absolute atomic E-state index is 0.103. The number of nitrogens with two attached hydrogens (primary N) is 1. The molecule has 0 heterocycles. The van der Waals surface area contributed by atoms with Gasteiger partial charge in [0.1, 0.15) is 6.07 Å². The van der Waals surface area contributed by atoms with Crippen LogP contribution >= 0.6 is 0 Å². The van der Waals surface area contributed by atoms with Crippen molar-refractivity contribution in [3.63, 3.8) is 0 Å². The molecule has 1 aromatic carbocycles. The fraction of sp³-hybridized carbons (Fsp3) is 0.214. The second-order valence-electron chi connectivity index (χ2n) is 3.60. The summed E-state index contributed by atoms with van der Waals surface area (Å²) < 4.78 is 15.3. The number of amides is 1. The van der Waals surface area contributed by atoms with Gasteiger partial charge in [-0.1, -0.05) is 11.8 Å². The van der Waals surface area contributed by atoms with E-state index in [9.17, 15) is 4.79 Å². The van der Waals surface area contributed by atoms with Gasteiger partial charge in [0.05, 0.1) is 7.11 Å². The van der Waals surface area contributed by atoms with Crippen molar-refractivity contribution in [2.24, 2.45) is 5.73 Å². The van der Waals surface area contributed by atoms with Crippen molar-refractivity contribution in [3.8, 4) is 17.6 Å². The van der Waals surface area contributed by atoms with E-state index in [2.05, 4.69) is 5.73 Å². The molecule has 2 N–H and O–H groups in total. The van der Waals surface area contributed by atoms with Gasteiger partial charge in [0.15, 0.2) is 23.9 Å². The monoisotopic (exact) mass is 274 g/mol. The predicted octanol–water partition coefficient (Wildman–Crippen LogP) is 1.23. The minimum Gasteiger partial charge on any atom is -0.493 e. The molecule has 0 unspecified atom stereocenters. The Morgan fingerprint density at radius 2 is 2.15 bits per heavy atom. The zero-order valence-electron chi connectivity index (χ0n) is 11.2. The van der Waals surface area contributed by atoms with E-state index in [4.69, 9.17) is 25.2 Å². The average Bonchev–Trinajstić information content (AvgIpc) is 2.45. The number of carbonyl (C=O) groups excluding carboxylic acids is 1. The molecule has 6 heteroatoms. The predicted molar refractivity (Wildman–Crippen MR) is 71.8 cm³/mol. The van der Waals surface area contributed by atoms with Gasteiger partial charge in [-0.25, -0.2) is 0 Å².